The van der Waals surface area contributed by atoms with Crippen LogP contribution in [0, 0.1) is 34.5 Å². The second-order valence-electron chi connectivity index (χ2n) is 9.79. The van der Waals surface area contributed by atoms with E-state index in [4.69, 9.17) is 4.74 Å². The van der Waals surface area contributed by atoms with Crippen LogP contribution in [0.3, 0.4) is 0 Å². The molecule has 3 fully saturated rings. The zero-order valence-corrected chi connectivity index (χ0v) is 16.9. The summed E-state index contributed by atoms with van der Waals surface area (Å²) in [5.41, 5.74) is 1.30. The highest BCUT2D eigenvalue weighted by Crippen LogP contribution is 2.74. The Kier molecular flexibility index (Phi) is 4.40. The predicted molar refractivity (Wildman–Crippen MR) is 107 cm³/mol. The number of hydrogen-bond acceptors (Lipinski definition) is 3. The maximum absolute atomic E-state index is 12.7. The number of esters is 1. The summed E-state index contributed by atoms with van der Waals surface area (Å²) in [5, 5.41) is 9.38. The van der Waals surface area contributed by atoms with Crippen LogP contribution in [0.1, 0.15) is 58.9 Å². The lowest BCUT2D eigenvalue weighted by Gasteiger charge is -2.43. The molecule has 0 amide bonds. The summed E-state index contributed by atoms with van der Waals surface area (Å²) >= 11 is 0. The van der Waals surface area contributed by atoms with Gasteiger partial charge < -0.3 is 9.84 Å². The smallest absolute Gasteiger partial charge is 0.331 e. The van der Waals surface area contributed by atoms with Crippen molar-refractivity contribution in [2.45, 2.75) is 59.5 Å². The molecule has 27 heavy (non-hydrogen) atoms. The van der Waals surface area contributed by atoms with Gasteiger partial charge in [0.2, 0.25) is 0 Å². The highest BCUT2D eigenvalue weighted by molar-refractivity contribution is 5.87. The third-order valence-electron chi connectivity index (χ3n) is 8.44. The fourth-order valence-electron chi connectivity index (χ4n) is 6.76. The lowest BCUT2D eigenvalue weighted by atomic mass is 9.61. The molecule has 0 heterocycles. The van der Waals surface area contributed by atoms with Gasteiger partial charge >= 0.3 is 5.97 Å². The summed E-state index contributed by atoms with van der Waals surface area (Å²) in [6.45, 7) is 9.47. The molecule has 146 valence electrons. The minimum absolute atomic E-state index is 0.0353. The number of ether oxygens (including phenoxy) is 1. The Bertz CT molecular complexity index is 749. The highest BCUT2D eigenvalue weighted by atomic mass is 16.5. The monoisotopic (exact) mass is 368 g/mol. The molecule has 0 unspecified atom stereocenters. The third kappa shape index (κ3) is 2.73. The van der Waals surface area contributed by atoms with Crippen LogP contribution in [0.4, 0.5) is 0 Å². The Balaban J connectivity index is 1.55. The lowest BCUT2D eigenvalue weighted by molar-refractivity contribution is -0.155. The van der Waals surface area contributed by atoms with Crippen LogP contribution in [0.25, 0.3) is 6.08 Å². The lowest BCUT2D eigenvalue weighted by Crippen LogP contribution is -2.42. The molecule has 0 aromatic heterocycles. The van der Waals surface area contributed by atoms with Gasteiger partial charge in [0, 0.05) is 17.4 Å². The third-order valence-corrected chi connectivity index (χ3v) is 8.44. The number of carbonyl (C=O) groups excluding carboxylic acids is 1. The van der Waals surface area contributed by atoms with Crippen LogP contribution >= 0.6 is 0 Å². The average molecular weight is 369 g/mol. The standard InChI is InChI=1S/C24H32O3/c1-15(2)18-11-13-23(3)19-12-14-24(23,4)22(21(18)19)27-20(26)10-7-16-5-8-17(25)9-6-16/h5-10,15,18-19,21-22,25H,11-14H2,1-4H3/b10-7-/t18-,19-,21-,22+,23+,24+/m0/s1. The molecular formula is C24H32O3. The molecule has 0 radical (unpaired) electrons. The molecule has 4 rings (SSSR count). The van der Waals surface area contributed by atoms with Crippen molar-refractivity contribution in [3.63, 3.8) is 0 Å². The molecule has 4 bridgehead atoms. The molecule has 3 saturated carbocycles. The maximum atomic E-state index is 12.7. The molecule has 1 N–H and O–H groups in total. The van der Waals surface area contributed by atoms with E-state index in [1.54, 1.807) is 36.4 Å². The van der Waals surface area contributed by atoms with Crippen LogP contribution in [-0.4, -0.2) is 17.2 Å². The molecule has 0 spiro atoms. The van der Waals surface area contributed by atoms with E-state index in [-0.39, 0.29) is 23.2 Å². The van der Waals surface area contributed by atoms with E-state index < -0.39 is 0 Å². The molecule has 0 saturated heterocycles. The number of benzene rings is 1. The van der Waals surface area contributed by atoms with E-state index in [2.05, 4.69) is 27.7 Å². The summed E-state index contributed by atoms with van der Waals surface area (Å²) in [6, 6.07) is 6.83. The number of phenols is 1. The maximum Gasteiger partial charge on any atom is 0.331 e. The van der Waals surface area contributed by atoms with Crippen molar-refractivity contribution in [3.05, 3.63) is 35.9 Å². The van der Waals surface area contributed by atoms with E-state index in [1.807, 2.05) is 0 Å². The predicted octanol–water partition coefficient (Wildman–Crippen LogP) is 5.44. The minimum atomic E-state index is -0.237. The van der Waals surface area contributed by atoms with Gasteiger partial charge in [0.05, 0.1) is 0 Å². The first-order valence-electron chi connectivity index (χ1n) is 10.4. The number of rotatable bonds is 4. The Labute approximate surface area is 162 Å². The Morgan fingerprint density at radius 2 is 1.81 bits per heavy atom. The van der Waals surface area contributed by atoms with Crippen LogP contribution < -0.4 is 0 Å². The van der Waals surface area contributed by atoms with Gasteiger partial charge in [0.15, 0.2) is 0 Å². The molecule has 6 atom stereocenters. The Morgan fingerprint density at radius 3 is 2.48 bits per heavy atom. The largest absolute Gasteiger partial charge is 0.508 e. The van der Waals surface area contributed by atoms with Gasteiger partial charge in [-0.25, -0.2) is 4.79 Å². The summed E-state index contributed by atoms with van der Waals surface area (Å²) in [7, 11) is 0. The van der Waals surface area contributed by atoms with Crippen LogP contribution in [-0.2, 0) is 9.53 Å². The van der Waals surface area contributed by atoms with Crippen LogP contribution in [0.15, 0.2) is 30.3 Å². The van der Waals surface area contributed by atoms with E-state index in [1.165, 1.54) is 25.7 Å². The van der Waals surface area contributed by atoms with E-state index >= 15 is 0 Å². The van der Waals surface area contributed by atoms with Crippen molar-refractivity contribution in [1.82, 2.24) is 0 Å². The normalized spacial score (nSPS) is 40.0. The molecule has 3 aliphatic rings. The molecule has 3 heteroatoms. The topological polar surface area (TPSA) is 46.5 Å². The Hall–Kier alpha value is -1.77. The van der Waals surface area contributed by atoms with E-state index in [9.17, 15) is 9.90 Å². The van der Waals surface area contributed by atoms with Crippen LogP contribution in [0.2, 0.25) is 0 Å². The fourth-order valence-corrected chi connectivity index (χ4v) is 6.76. The average Bonchev–Trinajstić information content (AvgIpc) is 2.95. The SMILES string of the molecule is CC(C)[C@@H]1CC[C@]2(C)[C@H]3CC[C@]2(C)[C@H](OC(=O)/C=C\c2ccc(O)cc2)[C@@H]13. The van der Waals surface area contributed by atoms with Gasteiger partial charge in [-0.3, -0.25) is 0 Å². The quantitative estimate of drug-likeness (QED) is 0.569. The van der Waals surface area contributed by atoms with E-state index in [0.29, 0.717) is 29.1 Å². The molecule has 1 aromatic rings. The fraction of sp³-hybridized carbons (Fsp3) is 0.625. The van der Waals surface area contributed by atoms with Gasteiger partial charge in [-0.15, -0.1) is 0 Å². The number of hydrogen-bond donors (Lipinski definition) is 1. The van der Waals surface area contributed by atoms with Crippen molar-refractivity contribution in [2.75, 3.05) is 0 Å². The first kappa shape index (κ1) is 18.6. The van der Waals surface area contributed by atoms with Gasteiger partial charge in [-0.1, -0.05) is 39.8 Å². The first-order chi connectivity index (χ1) is 12.8. The molecule has 0 aliphatic heterocycles. The second kappa shape index (κ2) is 6.39. The summed E-state index contributed by atoms with van der Waals surface area (Å²) in [4.78, 5) is 12.7. The molecule has 3 nitrogen and oxygen atoms in total. The number of phenolic OH excluding ortho intramolecular Hbond substituents is 1. The number of aromatic hydroxyl groups is 1. The van der Waals surface area contributed by atoms with Gasteiger partial charge in [0.1, 0.15) is 11.9 Å². The van der Waals surface area contributed by atoms with E-state index in [0.717, 1.165) is 5.56 Å². The van der Waals surface area contributed by atoms with Crippen molar-refractivity contribution < 1.29 is 14.6 Å². The minimum Gasteiger partial charge on any atom is -0.508 e. The Morgan fingerprint density at radius 1 is 1.15 bits per heavy atom. The van der Waals surface area contributed by atoms with Gasteiger partial charge in [-0.05, 0) is 72.6 Å². The van der Waals surface area contributed by atoms with Crippen molar-refractivity contribution >= 4 is 12.0 Å². The summed E-state index contributed by atoms with van der Waals surface area (Å²) in [6.07, 6.45) is 8.34. The van der Waals surface area contributed by atoms with Gasteiger partial charge in [-0.2, -0.15) is 0 Å². The number of carbonyl (C=O) groups is 1. The van der Waals surface area contributed by atoms with Crippen molar-refractivity contribution in [3.8, 4) is 5.75 Å². The van der Waals surface area contributed by atoms with Gasteiger partial charge in [0.25, 0.3) is 0 Å². The zero-order valence-electron chi connectivity index (χ0n) is 16.9. The van der Waals surface area contributed by atoms with Crippen molar-refractivity contribution in [1.29, 1.82) is 0 Å². The second-order valence-corrected chi connectivity index (χ2v) is 9.79. The summed E-state index contributed by atoms with van der Waals surface area (Å²) < 4.78 is 6.18. The van der Waals surface area contributed by atoms with Crippen LogP contribution in [0.5, 0.6) is 5.75 Å². The summed E-state index contributed by atoms with van der Waals surface area (Å²) in [5.74, 6) is 2.49. The highest BCUT2D eigenvalue weighted by Gasteiger charge is 2.72. The zero-order chi connectivity index (χ0) is 19.4. The molecule has 3 aliphatic carbocycles. The molecular weight excluding hydrogens is 336 g/mol. The van der Waals surface area contributed by atoms with Crippen molar-refractivity contribution in [2.24, 2.45) is 34.5 Å². The first-order valence-corrected chi connectivity index (χ1v) is 10.4. The molecule has 1 aromatic carbocycles.